The average molecular weight is 309 g/mol. The predicted octanol–water partition coefficient (Wildman–Crippen LogP) is 4.34. The molecule has 1 amide bonds. The van der Waals surface area contributed by atoms with Gasteiger partial charge in [0.25, 0.3) is 0 Å². The number of thiophene rings is 1. The lowest BCUT2D eigenvalue weighted by Crippen LogP contribution is -2.20. The normalized spacial score (nSPS) is 10.9. The monoisotopic (exact) mass is 309 g/mol. The molecule has 4 heteroatoms. The second kappa shape index (κ2) is 6.91. The Morgan fingerprint density at radius 1 is 1.18 bits per heavy atom. The van der Waals surface area contributed by atoms with Crippen molar-refractivity contribution >= 4 is 23.3 Å². The van der Waals surface area contributed by atoms with Crippen LogP contribution in [-0.4, -0.2) is 5.91 Å². The molecule has 0 aliphatic carbocycles. The Balaban J connectivity index is 1.66. The predicted molar refractivity (Wildman–Crippen MR) is 89.3 cm³/mol. The van der Waals surface area contributed by atoms with E-state index in [0.29, 0.717) is 12.3 Å². The molecule has 1 aromatic carbocycles. The molecule has 2 heterocycles. The highest BCUT2D eigenvalue weighted by Crippen LogP contribution is 2.25. The van der Waals surface area contributed by atoms with Crippen LogP contribution < -0.4 is 5.32 Å². The smallest absolute Gasteiger partial charge is 0.244 e. The Kier molecular flexibility index (Phi) is 4.51. The summed E-state index contributed by atoms with van der Waals surface area (Å²) in [4.78, 5) is 11.9. The van der Waals surface area contributed by atoms with Crippen molar-refractivity contribution in [3.63, 3.8) is 0 Å². The van der Waals surface area contributed by atoms with Gasteiger partial charge in [-0.1, -0.05) is 24.3 Å². The summed E-state index contributed by atoms with van der Waals surface area (Å²) in [5.74, 6) is 0.519. The highest BCUT2D eigenvalue weighted by Gasteiger charge is 2.05. The molecule has 22 heavy (non-hydrogen) atoms. The molecule has 0 unspecified atom stereocenters. The zero-order valence-corrected chi connectivity index (χ0v) is 12.7. The van der Waals surface area contributed by atoms with E-state index >= 15 is 0 Å². The number of furan rings is 1. The van der Waals surface area contributed by atoms with Gasteiger partial charge < -0.3 is 9.73 Å². The zero-order valence-electron chi connectivity index (χ0n) is 11.9. The number of benzene rings is 1. The van der Waals surface area contributed by atoms with E-state index in [-0.39, 0.29) is 5.91 Å². The number of nitrogens with one attached hydrogen (secondary N) is 1. The maximum absolute atomic E-state index is 11.9. The molecule has 0 aliphatic heterocycles. The highest BCUT2D eigenvalue weighted by atomic mass is 32.1. The molecule has 0 radical (unpaired) electrons. The minimum absolute atomic E-state index is 0.142. The first-order valence-corrected chi connectivity index (χ1v) is 7.87. The second-order valence-corrected chi connectivity index (χ2v) is 5.52. The summed E-state index contributed by atoms with van der Waals surface area (Å²) < 4.78 is 5.15. The van der Waals surface area contributed by atoms with Gasteiger partial charge in [-0.15, -0.1) is 0 Å². The zero-order chi connectivity index (χ0) is 15.2. The first-order chi connectivity index (χ1) is 10.8. The van der Waals surface area contributed by atoms with E-state index in [9.17, 15) is 4.79 Å². The molecule has 2 aromatic heterocycles. The van der Waals surface area contributed by atoms with Crippen molar-refractivity contribution in [3.05, 3.63) is 76.9 Å². The van der Waals surface area contributed by atoms with E-state index < -0.39 is 0 Å². The molecule has 110 valence electrons. The van der Waals surface area contributed by atoms with Gasteiger partial charge >= 0.3 is 0 Å². The lowest BCUT2D eigenvalue weighted by atomic mass is 10.0. The first-order valence-electron chi connectivity index (χ1n) is 6.93. The van der Waals surface area contributed by atoms with Crippen molar-refractivity contribution in [2.75, 3.05) is 0 Å². The fourth-order valence-corrected chi connectivity index (χ4v) is 2.81. The van der Waals surface area contributed by atoms with Crippen LogP contribution in [0.4, 0.5) is 0 Å². The van der Waals surface area contributed by atoms with E-state index in [4.69, 9.17) is 4.42 Å². The van der Waals surface area contributed by atoms with E-state index in [1.54, 1.807) is 35.8 Å². The third-order valence-electron chi connectivity index (χ3n) is 3.24. The average Bonchev–Trinajstić information content (AvgIpc) is 3.24. The number of amides is 1. The fourth-order valence-electron chi connectivity index (χ4n) is 2.16. The van der Waals surface area contributed by atoms with Crippen LogP contribution in [0.5, 0.6) is 0 Å². The fraction of sp³-hybridized carbons (Fsp3) is 0.0556. The number of hydrogen-bond acceptors (Lipinski definition) is 3. The molecule has 0 atom stereocenters. The van der Waals surface area contributed by atoms with Crippen molar-refractivity contribution in [3.8, 4) is 11.1 Å². The molecular weight excluding hydrogens is 294 g/mol. The van der Waals surface area contributed by atoms with Crippen LogP contribution in [0.15, 0.2) is 70.0 Å². The summed E-state index contributed by atoms with van der Waals surface area (Å²) in [7, 11) is 0. The summed E-state index contributed by atoms with van der Waals surface area (Å²) >= 11 is 1.67. The van der Waals surface area contributed by atoms with Gasteiger partial charge in [0, 0.05) is 12.6 Å². The van der Waals surface area contributed by atoms with Crippen molar-refractivity contribution in [1.82, 2.24) is 5.32 Å². The lowest BCUT2D eigenvalue weighted by molar-refractivity contribution is -0.116. The van der Waals surface area contributed by atoms with Crippen LogP contribution in [0.3, 0.4) is 0 Å². The number of hydrogen-bond donors (Lipinski definition) is 1. The third-order valence-corrected chi connectivity index (χ3v) is 3.93. The molecule has 1 N–H and O–H groups in total. The molecule has 0 fully saturated rings. The molecule has 0 bridgehead atoms. The number of carbonyl (C=O) groups is 1. The van der Waals surface area contributed by atoms with Crippen LogP contribution in [0.2, 0.25) is 0 Å². The van der Waals surface area contributed by atoms with Gasteiger partial charge in [0.15, 0.2) is 0 Å². The quantitative estimate of drug-likeness (QED) is 0.712. The highest BCUT2D eigenvalue weighted by molar-refractivity contribution is 7.08. The minimum atomic E-state index is -0.142. The largest absolute Gasteiger partial charge is 0.465 e. The molecule has 0 aliphatic rings. The van der Waals surface area contributed by atoms with Crippen LogP contribution in [0, 0.1) is 0 Å². The van der Waals surface area contributed by atoms with Crippen molar-refractivity contribution < 1.29 is 9.21 Å². The SMILES string of the molecule is O=C(C=Cc1ccco1)NCc1ccccc1-c1ccsc1. The molecule has 0 saturated carbocycles. The summed E-state index contributed by atoms with van der Waals surface area (Å²) in [6, 6.07) is 13.8. The number of rotatable bonds is 5. The summed E-state index contributed by atoms with van der Waals surface area (Å²) in [5, 5.41) is 7.06. The Labute approximate surface area is 132 Å². The summed E-state index contributed by atoms with van der Waals surface area (Å²) in [6.45, 7) is 0.493. The van der Waals surface area contributed by atoms with E-state index in [1.807, 2.05) is 18.2 Å². The summed E-state index contributed by atoms with van der Waals surface area (Å²) in [5.41, 5.74) is 3.43. The number of carbonyl (C=O) groups excluding carboxylic acids is 1. The molecule has 0 saturated heterocycles. The Hall–Kier alpha value is -2.59. The van der Waals surface area contributed by atoms with Gasteiger partial charge in [-0.25, -0.2) is 0 Å². The Bertz CT molecular complexity index is 758. The maximum Gasteiger partial charge on any atom is 0.244 e. The van der Waals surface area contributed by atoms with Gasteiger partial charge in [0.1, 0.15) is 5.76 Å². The van der Waals surface area contributed by atoms with Crippen molar-refractivity contribution in [1.29, 1.82) is 0 Å². The molecule has 3 aromatic rings. The van der Waals surface area contributed by atoms with Crippen molar-refractivity contribution in [2.24, 2.45) is 0 Å². The molecule has 3 rings (SSSR count). The van der Waals surface area contributed by atoms with Gasteiger partial charge in [-0.3, -0.25) is 4.79 Å². The van der Waals surface area contributed by atoms with Crippen LogP contribution in [0.1, 0.15) is 11.3 Å². The molecular formula is C18H15NO2S. The van der Waals surface area contributed by atoms with Crippen molar-refractivity contribution in [2.45, 2.75) is 6.54 Å². The second-order valence-electron chi connectivity index (χ2n) is 4.74. The van der Waals surface area contributed by atoms with Gasteiger partial charge in [-0.05, 0) is 51.7 Å². The molecule has 0 spiro atoms. The topological polar surface area (TPSA) is 42.2 Å². The van der Waals surface area contributed by atoms with E-state index in [2.05, 4.69) is 28.2 Å². The van der Waals surface area contributed by atoms with Crippen LogP contribution >= 0.6 is 11.3 Å². The van der Waals surface area contributed by atoms with Crippen LogP contribution in [0.25, 0.3) is 17.2 Å². The lowest BCUT2D eigenvalue weighted by Gasteiger charge is -2.08. The Morgan fingerprint density at radius 2 is 2.09 bits per heavy atom. The minimum Gasteiger partial charge on any atom is -0.465 e. The Morgan fingerprint density at radius 3 is 2.86 bits per heavy atom. The van der Waals surface area contributed by atoms with E-state index in [0.717, 1.165) is 11.1 Å². The maximum atomic E-state index is 11.9. The van der Waals surface area contributed by atoms with Crippen LogP contribution in [-0.2, 0) is 11.3 Å². The van der Waals surface area contributed by atoms with E-state index in [1.165, 1.54) is 11.6 Å². The van der Waals surface area contributed by atoms with Gasteiger partial charge in [0.2, 0.25) is 5.91 Å². The summed E-state index contributed by atoms with van der Waals surface area (Å²) in [6.07, 6.45) is 4.71. The third kappa shape index (κ3) is 3.54. The van der Waals surface area contributed by atoms with Gasteiger partial charge in [-0.2, -0.15) is 11.3 Å². The first kappa shape index (κ1) is 14.4. The molecule has 3 nitrogen and oxygen atoms in total. The standard InChI is InChI=1S/C18H15NO2S/c20-18(8-7-16-5-3-10-21-16)19-12-14-4-1-2-6-17(14)15-9-11-22-13-15/h1-11,13H,12H2,(H,19,20). The van der Waals surface area contributed by atoms with Gasteiger partial charge in [0.05, 0.1) is 6.26 Å².